The largest absolute Gasteiger partial charge is 0.493 e. The zero-order valence-corrected chi connectivity index (χ0v) is 27.3. The average Bonchev–Trinajstić information content (AvgIpc) is 2.93. The summed E-state index contributed by atoms with van der Waals surface area (Å²) in [7, 11) is -1.39. The number of anilines is 1. The minimum absolute atomic E-state index is 0.0688. The molecule has 0 fully saturated rings. The van der Waals surface area contributed by atoms with E-state index in [2.05, 4.69) is 5.32 Å². The van der Waals surface area contributed by atoms with Crippen LogP contribution in [0.5, 0.6) is 11.5 Å². The number of carbonyl (C=O) groups is 2. The average molecular weight is 610 g/mol. The van der Waals surface area contributed by atoms with Gasteiger partial charge in [0, 0.05) is 18.2 Å². The Labute approximate surface area is 255 Å². The molecule has 3 aromatic rings. The van der Waals surface area contributed by atoms with Crippen molar-refractivity contribution in [2.75, 3.05) is 25.1 Å². The zero-order valence-electron chi connectivity index (χ0n) is 26.5. The molecular formula is C33H43N3O6S. The number of carbonyl (C=O) groups excluding carboxylic acids is 2. The van der Waals surface area contributed by atoms with Crippen LogP contribution in [0.25, 0.3) is 0 Å². The molecule has 0 saturated heterocycles. The Morgan fingerprint density at radius 2 is 1.42 bits per heavy atom. The molecule has 0 spiro atoms. The minimum Gasteiger partial charge on any atom is -0.493 e. The summed E-state index contributed by atoms with van der Waals surface area (Å²) in [6.45, 7) is 12.5. The van der Waals surface area contributed by atoms with Crippen LogP contribution < -0.4 is 19.1 Å². The molecule has 0 saturated carbocycles. The molecule has 1 atom stereocenters. The summed E-state index contributed by atoms with van der Waals surface area (Å²) in [6, 6.07) is 16.4. The lowest BCUT2D eigenvalue weighted by Gasteiger charge is -2.33. The van der Waals surface area contributed by atoms with Gasteiger partial charge in [-0.1, -0.05) is 35.9 Å². The van der Waals surface area contributed by atoms with Crippen molar-refractivity contribution in [2.24, 2.45) is 0 Å². The number of rotatable bonds is 11. The van der Waals surface area contributed by atoms with Gasteiger partial charge < -0.3 is 19.7 Å². The van der Waals surface area contributed by atoms with E-state index in [0.717, 1.165) is 26.6 Å². The van der Waals surface area contributed by atoms with Crippen LogP contribution in [0.2, 0.25) is 0 Å². The smallest absolute Gasteiger partial charge is 0.264 e. The van der Waals surface area contributed by atoms with E-state index < -0.39 is 34.1 Å². The van der Waals surface area contributed by atoms with Crippen LogP contribution in [-0.2, 0) is 26.2 Å². The molecule has 9 nitrogen and oxygen atoms in total. The molecule has 1 N–H and O–H groups in total. The van der Waals surface area contributed by atoms with Crippen LogP contribution in [0.4, 0.5) is 5.69 Å². The summed E-state index contributed by atoms with van der Waals surface area (Å²) in [5.41, 5.74) is 3.36. The third-order valence-electron chi connectivity index (χ3n) is 6.86. The van der Waals surface area contributed by atoms with Crippen LogP contribution in [0.1, 0.15) is 49.9 Å². The van der Waals surface area contributed by atoms with Gasteiger partial charge >= 0.3 is 0 Å². The zero-order chi connectivity index (χ0) is 32.1. The maximum absolute atomic E-state index is 14.2. The highest BCUT2D eigenvalue weighted by Crippen LogP contribution is 2.33. The molecule has 0 bridgehead atoms. The monoisotopic (exact) mass is 609 g/mol. The fourth-order valence-electron chi connectivity index (χ4n) is 4.67. The molecule has 0 aromatic heterocycles. The molecule has 2 amide bonds. The van der Waals surface area contributed by atoms with Crippen molar-refractivity contribution in [1.82, 2.24) is 10.2 Å². The Morgan fingerprint density at radius 1 is 0.837 bits per heavy atom. The maximum Gasteiger partial charge on any atom is 0.264 e. The lowest BCUT2D eigenvalue weighted by Crippen LogP contribution is -2.54. The second-order valence-corrected chi connectivity index (χ2v) is 13.7. The summed E-state index contributed by atoms with van der Waals surface area (Å²) < 4.78 is 40.2. The van der Waals surface area contributed by atoms with Gasteiger partial charge in [-0.25, -0.2) is 8.42 Å². The van der Waals surface area contributed by atoms with Gasteiger partial charge in [0.1, 0.15) is 12.6 Å². The first-order chi connectivity index (χ1) is 20.0. The number of nitrogens with one attached hydrogen (secondary N) is 1. The summed E-state index contributed by atoms with van der Waals surface area (Å²) >= 11 is 0. The van der Waals surface area contributed by atoms with Gasteiger partial charge in [-0.3, -0.25) is 13.9 Å². The first kappa shape index (κ1) is 33.5. The Hall–Kier alpha value is -4.05. The first-order valence-electron chi connectivity index (χ1n) is 14.1. The van der Waals surface area contributed by atoms with Crippen molar-refractivity contribution in [3.8, 4) is 11.5 Å². The van der Waals surface area contributed by atoms with Crippen LogP contribution in [0.15, 0.2) is 65.6 Å². The molecule has 0 aliphatic heterocycles. The summed E-state index contributed by atoms with van der Waals surface area (Å²) in [5.74, 6) is -0.254. The lowest BCUT2D eigenvalue weighted by molar-refractivity contribution is -0.140. The number of sulfonamides is 1. The van der Waals surface area contributed by atoms with Gasteiger partial charge in [-0.05, 0) is 89.4 Å². The molecule has 0 heterocycles. The van der Waals surface area contributed by atoms with Crippen molar-refractivity contribution >= 4 is 27.5 Å². The number of ether oxygens (including phenoxy) is 2. The SMILES string of the molecule is COc1ccc(S(=O)(=O)N(CC(=O)N(Cc2ccc(C)cc2)[C@H](C)C(=O)NC(C)(C)C)c2cc(C)cc(C)c2)cc1OC. The van der Waals surface area contributed by atoms with Crippen molar-refractivity contribution in [1.29, 1.82) is 0 Å². The van der Waals surface area contributed by atoms with E-state index >= 15 is 0 Å². The first-order valence-corrected chi connectivity index (χ1v) is 15.5. The third-order valence-corrected chi connectivity index (χ3v) is 8.63. The maximum atomic E-state index is 14.2. The lowest BCUT2D eigenvalue weighted by atomic mass is 10.1. The molecule has 0 unspecified atom stereocenters. The summed E-state index contributed by atoms with van der Waals surface area (Å²) in [5, 5.41) is 2.94. The predicted octanol–water partition coefficient (Wildman–Crippen LogP) is 5.16. The van der Waals surface area contributed by atoms with Gasteiger partial charge in [0.15, 0.2) is 11.5 Å². The molecule has 3 rings (SSSR count). The number of methoxy groups -OCH3 is 2. The highest BCUT2D eigenvalue weighted by Gasteiger charge is 2.34. The number of amides is 2. The van der Waals surface area contributed by atoms with Crippen LogP contribution in [-0.4, -0.2) is 57.5 Å². The topological polar surface area (TPSA) is 105 Å². The number of nitrogens with zero attached hydrogens (tertiary/aromatic N) is 2. The quantitative estimate of drug-likeness (QED) is 0.322. The van der Waals surface area contributed by atoms with Crippen molar-refractivity contribution in [2.45, 2.75) is 71.5 Å². The molecule has 0 aliphatic rings. The van der Waals surface area contributed by atoms with Gasteiger partial charge in [-0.15, -0.1) is 0 Å². The van der Waals surface area contributed by atoms with Crippen LogP contribution in [0.3, 0.4) is 0 Å². The van der Waals surface area contributed by atoms with Gasteiger partial charge in [0.05, 0.1) is 24.8 Å². The number of aryl methyl sites for hydroxylation is 3. The number of hydrogen-bond acceptors (Lipinski definition) is 6. The van der Waals surface area contributed by atoms with E-state index in [9.17, 15) is 18.0 Å². The van der Waals surface area contributed by atoms with Gasteiger partial charge in [0.2, 0.25) is 11.8 Å². The Kier molecular flexibility index (Phi) is 10.5. The summed E-state index contributed by atoms with van der Waals surface area (Å²) in [6.07, 6.45) is 0. The van der Waals surface area contributed by atoms with E-state index in [4.69, 9.17) is 9.47 Å². The summed E-state index contributed by atoms with van der Waals surface area (Å²) in [4.78, 5) is 28.8. The van der Waals surface area contributed by atoms with Gasteiger partial charge in [0.25, 0.3) is 10.0 Å². The van der Waals surface area contributed by atoms with Gasteiger partial charge in [-0.2, -0.15) is 0 Å². The van der Waals surface area contributed by atoms with Crippen molar-refractivity contribution in [3.63, 3.8) is 0 Å². The molecule has 0 aliphatic carbocycles. The van der Waals surface area contributed by atoms with Crippen molar-refractivity contribution < 1.29 is 27.5 Å². The van der Waals surface area contributed by atoms with Crippen LogP contribution in [0, 0.1) is 20.8 Å². The van der Waals surface area contributed by atoms with Crippen molar-refractivity contribution in [3.05, 3.63) is 82.9 Å². The molecule has 10 heteroatoms. The molecular weight excluding hydrogens is 566 g/mol. The number of hydrogen-bond donors (Lipinski definition) is 1. The van der Waals surface area contributed by atoms with E-state index in [0.29, 0.717) is 11.4 Å². The second-order valence-electron chi connectivity index (χ2n) is 11.8. The highest BCUT2D eigenvalue weighted by atomic mass is 32.2. The minimum atomic E-state index is -4.28. The van der Waals surface area contributed by atoms with Crippen LogP contribution >= 0.6 is 0 Å². The fraction of sp³-hybridized carbons (Fsp3) is 0.394. The molecule has 43 heavy (non-hydrogen) atoms. The Balaban J connectivity index is 2.11. The number of benzene rings is 3. The standard InChI is InChI=1S/C33H43N3O6S/c1-22-10-12-26(13-11-22)20-35(25(4)32(38)34-33(5,6)7)31(37)21-36(27-17-23(2)16-24(3)18-27)43(39,40)28-14-15-29(41-8)30(19-28)42-9/h10-19,25H,20-21H2,1-9H3,(H,34,38)/t25-/m1/s1. The van der Waals surface area contributed by atoms with E-state index in [1.54, 1.807) is 19.1 Å². The molecule has 0 radical (unpaired) electrons. The van der Waals surface area contributed by atoms with E-state index in [-0.39, 0.29) is 23.1 Å². The third kappa shape index (κ3) is 8.50. The molecule has 232 valence electrons. The normalized spacial score (nSPS) is 12.3. The second kappa shape index (κ2) is 13.5. The van der Waals surface area contributed by atoms with E-state index in [1.807, 2.05) is 71.9 Å². The Bertz CT molecular complexity index is 1540. The molecule has 3 aromatic carbocycles. The highest BCUT2D eigenvalue weighted by molar-refractivity contribution is 7.92. The van der Waals surface area contributed by atoms with E-state index in [1.165, 1.54) is 37.3 Å². The fourth-order valence-corrected chi connectivity index (χ4v) is 6.09. The Morgan fingerprint density at radius 3 is 1.95 bits per heavy atom. The predicted molar refractivity (Wildman–Crippen MR) is 169 cm³/mol.